The molecule has 2 heterocycles. The Hall–Kier alpha value is -2.87. The number of thiophene rings is 1. The van der Waals surface area contributed by atoms with Crippen LogP contribution in [0.4, 0.5) is 0 Å². The van der Waals surface area contributed by atoms with Crippen molar-refractivity contribution in [2.75, 3.05) is 14.2 Å². The Morgan fingerprint density at radius 3 is 2.48 bits per heavy atom. The van der Waals surface area contributed by atoms with Gasteiger partial charge in [-0.2, -0.15) is 0 Å². The summed E-state index contributed by atoms with van der Waals surface area (Å²) in [6, 6.07) is 4.38. The number of carbonyl (C=O) groups excluding carboxylic acids is 1. The summed E-state index contributed by atoms with van der Waals surface area (Å²) in [7, 11) is 3.08. The van der Waals surface area contributed by atoms with Crippen LogP contribution in [0.3, 0.4) is 0 Å². The van der Waals surface area contributed by atoms with Gasteiger partial charge in [0.25, 0.3) is 5.56 Å². The molecule has 1 unspecified atom stereocenters. The minimum atomic E-state index is -0.850. The van der Waals surface area contributed by atoms with Gasteiger partial charge in [-0.1, -0.05) is 0 Å². The molecular weight excluding hydrogens is 366 g/mol. The van der Waals surface area contributed by atoms with Gasteiger partial charge in [0.2, 0.25) is 5.91 Å². The van der Waals surface area contributed by atoms with Gasteiger partial charge in [0.05, 0.1) is 19.6 Å². The standard InChI is InChI=1S/C19H21N3O4S/c1-9-11(3)27-18-15(9)19(24)22(10(2)16(20)23)17(21-18)12-6-7-13(25-4)14(8-12)26-5/h6-8,10H,1-5H3,(H2,20,23). The number of amides is 1. The summed E-state index contributed by atoms with van der Waals surface area (Å²) in [6.45, 7) is 5.42. The highest BCUT2D eigenvalue weighted by Crippen LogP contribution is 2.34. The highest BCUT2D eigenvalue weighted by atomic mass is 32.1. The van der Waals surface area contributed by atoms with Gasteiger partial charge in [-0.05, 0) is 44.5 Å². The maximum Gasteiger partial charge on any atom is 0.263 e. The highest BCUT2D eigenvalue weighted by Gasteiger charge is 2.24. The van der Waals surface area contributed by atoms with Gasteiger partial charge >= 0.3 is 0 Å². The quantitative estimate of drug-likeness (QED) is 0.726. The summed E-state index contributed by atoms with van der Waals surface area (Å²) in [4.78, 5) is 31.5. The molecule has 0 aliphatic rings. The van der Waals surface area contributed by atoms with E-state index in [4.69, 9.17) is 20.2 Å². The molecule has 0 aliphatic carbocycles. The van der Waals surface area contributed by atoms with Crippen molar-refractivity contribution < 1.29 is 14.3 Å². The van der Waals surface area contributed by atoms with E-state index in [0.29, 0.717) is 33.1 Å². The van der Waals surface area contributed by atoms with E-state index in [1.807, 2.05) is 13.8 Å². The number of hydrogen-bond acceptors (Lipinski definition) is 6. The molecule has 0 saturated carbocycles. The molecule has 7 nitrogen and oxygen atoms in total. The van der Waals surface area contributed by atoms with E-state index in [-0.39, 0.29) is 5.56 Å². The van der Waals surface area contributed by atoms with Crippen LogP contribution < -0.4 is 20.8 Å². The maximum atomic E-state index is 13.2. The normalized spacial score (nSPS) is 12.2. The zero-order valence-electron chi connectivity index (χ0n) is 15.8. The van der Waals surface area contributed by atoms with E-state index in [2.05, 4.69) is 0 Å². The van der Waals surface area contributed by atoms with Gasteiger partial charge in [0.15, 0.2) is 11.5 Å². The summed E-state index contributed by atoms with van der Waals surface area (Å²) in [5.41, 5.74) is 6.72. The second-order valence-corrected chi connectivity index (χ2v) is 7.43. The van der Waals surface area contributed by atoms with Gasteiger partial charge in [-0.3, -0.25) is 14.2 Å². The number of hydrogen-bond donors (Lipinski definition) is 1. The van der Waals surface area contributed by atoms with Crippen LogP contribution in [0.25, 0.3) is 21.6 Å². The van der Waals surface area contributed by atoms with Gasteiger partial charge < -0.3 is 15.2 Å². The molecule has 142 valence electrons. The van der Waals surface area contributed by atoms with E-state index in [1.54, 1.807) is 32.2 Å². The Labute approximate surface area is 160 Å². The van der Waals surface area contributed by atoms with E-state index in [0.717, 1.165) is 10.4 Å². The van der Waals surface area contributed by atoms with Crippen LogP contribution in [-0.2, 0) is 4.79 Å². The molecule has 8 heteroatoms. The summed E-state index contributed by atoms with van der Waals surface area (Å²) >= 11 is 1.45. The third kappa shape index (κ3) is 3.06. The first-order chi connectivity index (χ1) is 12.8. The number of ether oxygens (including phenoxy) is 2. The Kier molecular flexibility index (Phi) is 4.93. The van der Waals surface area contributed by atoms with Crippen LogP contribution in [0, 0.1) is 13.8 Å². The molecule has 0 saturated heterocycles. The number of fused-ring (bicyclic) bond motifs is 1. The number of nitrogens with two attached hydrogens (primary N) is 1. The number of methoxy groups -OCH3 is 2. The van der Waals surface area contributed by atoms with Crippen molar-refractivity contribution >= 4 is 27.5 Å². The van der Waals surface area contributed by atoms with E-state index in [1.165, 1.54) is 23.0 Å². The van der Waals surface area contributed by atoms with E-state index < -0.39 is 11.9 Å². The first kappa shape index (κ1) is 18.9. The molecule has 0 bridgehead atoms. The number of benzene rings is 1. The largest absolute Gasteiger partial charge is 0.493 e. The van der Waals surface area contributed by atoms with E-state index >= 15 is 0 Å². The molecule has 0 fully saturated rings. The molecule has 1 atom stereocenters. The first-order valence-electron chi connectivity index (χ1n) is 8.34. The SMILES string of the molecule is COc1ccc(-c2nc3sc(C)c(C)c3c(=O)n2C(C)C(N)=O)cc1OC. The lowest BCUT2D eigenvalue weighted by Crippen LogP contribution is -2.33. The lowest BCUT2D eigenvalue weighted by Gasteiger charge is -2.18. The number of aromatic nitrogens is 2. The Balaban J connectivity index is 2.39. The van der Waals surface area contributed by atoms with Gasteiger partial charge in [0.1, 0.15) is 16.7 Å². The number of nitrogens with zero attached hydrogens (tertiary/aromatic N) is 2. The van der Waals surface area contributed by atoms with Crippen LogP contribution in [0.2, 0.25) is 0 Å². The number of aryl methyl sites for hydroxylation is 2. The molecule has 3 aromatic rings. The minimum absolute atomic E-state index is 0.280. The maximum absolute atomic E-state index is 13.2. The second-order valence-electron chi connectivity index (χ2n) is 6.22. The lowest BCUT2D eigenvalue weighted by molar-refractivity contribution is -0.120. The van der Waals surface area contributed by atoms with Crippen molar-refractivity contribution in [2.24, 2.45) is 5.73 Å². The molecule has 0 radical (unpaired) electrons. The molecule has 0 aliphatic heterocycles. The first-order valence-corrected chi connectivity index (χ1v) is 9.15. The Bertz CT molecular complexity index is 1100. The Morgan fingerprint density at radius 1 is 1.22 bits per heavy atom. The van der Waals surface area contributed by atoms with Crippen molar-refractivity contribution in [3.63, 3.8) is 0 Å². The van der Waals surface area contributed by atoms with Gasteiger partial charge in [-0.25, -0.2) is 4.98 Å². The molecule has 2 aromatic heterocycles. The number of rotatable bonds is 5. The van der Waals surface area contributed by atoms with Crippen molar-refractivity contribution in [2.45, 2.75) is 26.8 Å². The van der Waals surface area contributed by atoms with Crippen LogP contribution in [0.5, 0.6) is 11.5 Å². The molecular formula is C19H21N3O4S. The van der Waals surface area contributed by atoms with Crippen LogP contribution >= 0.6 is 11.3 Å². The van der Waals surface area contributed by atoms with Crippen LogP contribution in [-0.4, -0.2) is 29.7 Å². The lowest BCUT2D eigenvalue weighted by atomic mass is 10.1. The monoisotopic (exact) mass is 387 g/mol. The summed E-state index contributed by atoms with van der Waals surface area (Å²) < 4.78 is 12.0. The molecule has 3 rings (SSSR count). The van der Waals surface area contributed by atoms with Crippen molar-refractivity contribution in [1.82, 2.24) is 9.55 Å². The topological polar surface area (TPSA) is 96.4 Å². The van der Waals surface area contributed by atoms with Crippen molar-refractivity contribution in [1.29, 1.82) is 0 Å². The predicted octanol–water partition coefficient (Wildman–Crippen LogP) is 2.81. The zero-order chi connectivity index (χ0) is 19.9. The molecule has 27 heavy (non-hydrogen) atoms. The van der Waals surface area contributed by atoms with Gasteiger partial charge in [0, 0.05) is 10.4 Å². The number of primary amides is 1. The van der Waals surface area contributed by atoms with Crippen LogP contribution in [0.15, 0.2) is 23.0 Å². The zero-order valence-corrected chi connectivity index (χ0v) is 16.6. The smallest absolute Gasteiger partial charge is 0.263 e. The fourth-order valence-electron chi connectivity index (χ4n) is 2.97. The molecule has 2 N–H and O–H groups in total. The average Bonchev–Trinajstić information content (AvgIpc) is 2.94. The molecule has 1 amide bonds. The predicted molar refractivity (Wildman–Crippen MR) is 106 cm³/mol. The summed E-state index contributed by atoms with van der Waals surface area (Å²) in [5.74, 6) is 0.814. The van der Waals surface area contributed by atoms with Crippen LogP contribution in [0.1, 0.15) is 23.4 Å². The second kappa shape index (κ2) is 7.03. The highest BCUT2D eigenvalue weighted by molar-refractivity contribution is 7.18. The molecule has 1 aromatic carbocycles. The van der Waals surface area contributed by atoms with Crippen molar-refractivity contribution in [3.8, 4) is 22.9 Å². The fourth-order valence-corrected chi connectivity index (χ4v) is 3.99. The average molecular weight is 387 g/mol. The van der Waals surface area contributed by atoms with Crippen molar-refractivity contribution in [3.05, 3.63) is 39.0 Å². The Morgan fingerprint density at radius 2 is 1.89 bits per heavy atom. The van der Waals surface area contributed by atoms with E-state index in [9.17, 15) is 9.59 Å². The fraction of sp³-hybridized carbons (Fsp3) is 0.316. The van der Waals surface area contributed by atoms with Gasteiger partial charge in [-0.15, -0.1) is 11.3 Å². The molecule has 0 spiro atoms. The summed E-state index contributed by atoms with van der Waals surface area (Å²) in [6.07, 6.45) is 0. The third-order valence-electron chi connectivity index (χ3n) is 4.68. The number of carbonyl (C=O) groups is 1. The summed E-state index contributed by atoms with van der Waals surface area (Å²) in [5, 5.41) is 0.523. The minimum Gasteiger partial charge on any atom is -0.493 e. The third-order valence-corrected chi connectivity index (χ3v) is 5.78.